The van der Waals surface area contributed by atoms with E-state index < -0.39 is 12.3 Å². The first-order valence-corrected chi connectivity index (χ1v) is 5.45. The normalized spacial score (nSPS) is 11.2. The van der Waals surface area contributed by atoms with Crippen LogP contribution in [0.15, 0.2) is 22.7 Å². The summed E-state index contributed by atoms with van der Waals surface area (Å²) in [6.07, 6.45) is -4.76. The van der Waals surface area contributed by atoms with Gasteiger partial charge in [0.25, 0.3) is 0 Å². The van der Waals surface area contributed by atoms with Gasteiger partial charge in [-0.3, -0.25) is 4.79 Å². The minimum Gasteiger partial charge on any atom is -0.405 e. The van der Waals surface area contributed by atoms with E-state index in [1.54, 1.807) is 0 Å². The summed E-state index contributed by atoms with van der Waals surface area (Å²) < 4.78 is 44.4. The van der Waals surface area contributed by atoms with Crippen molar-refractivity contribution >= 4 is 27.5 Å². The second kappa shape index (κ2) is 6.05. The lowest BCUT2D eigenvalue weighted by molar-refractivity contribution is -0.274. The van der Waals surface area contributed by atoms with Crippen molar-refractivity contribution in [2.24, 2.45) is 0 Å². The van der Waals surface area contributed by atoms with Crippen LogP contribution in [0.3, 0.4) is 0 Å². The number of hydrogen-bond donors (Lipinski definition) is 1. The highest BCUT2D eigenvalue weighted by Crippen LogP contribution is 2.32. The molecular weight excluding hydrogens is 319 g/mol. The maximum atomic E-state index is 12.0. The Balaban J connectivity index is 2.76. The van der Waals surface area contributed by atoms with E-state index in [1.165, 1.54) is 19.2 Å². The smallest absolute Gasteiger partial charge is 0.405 e. The average molecular weight is 328 g/mol. The molecule has 0 fully saturated rings. The zero-order valence-corrected chi connectivity index (χ0v) is 10.8. The molecule has 0 unspecified atom stereocenters. The minimum atomic E-state index is -4.76. The van der Waals surface area contributed by atoms with Crippen molar-refractivity contribution in [3.63, 3.8) is 0 Å². The Kier molecular flexibility index (Phi) is 4.97. The SMILES string of the molecule is COCC(=O)Nc1ccc(OC(F)(F)F)c(Br)c1. The Labute approximate surface area is 109 Å². The number of alkyl halides is 3. The van der Waals surface area contributed by atoms with Crippen LogP contribution >= 0.6 is 15.9 Å². The lowest BCUT2D eigenvalue weighted by atomic mass is 10.3. The monoisotopic (exact) mass is 327 g/mol. The third kappa shape index (κ3) is 4.92. The molecule has 0 aliphatic rings. The van der Waals surface area contributed by atoms with Gasteiger partial charge in [0.15, 0.2) is 0 Å². The lowest BCUT2D eigenvalue weighted by Crippen LogP contribution is -2.18. The second-order valence-electron chi connectivity index (χ2n) is 3.17. The fourth-order valence-corrected chi connectivity index (χ4v) is 1.57. The van der Waals surface area contributed by atoms with Crippen LogP contribution in [-0.2, 0) is 9.53 Å². The zero-order chi connectivity index (χ0) is 13.8. The van der Waals surface area contributed by atoms with E-state index in [9.17, 15) is 18.0 Å². The zero-order valence-electron chi connectivity index (χ0n) is 9.18. The Hall–Kier alpha value is -1.28. The standard InChI is InChI=1S/C10H9BrF3NO3/c1-17-5-9(16)15-6-2-3-8(7(11)4-6)18-10(12,13)14/h2-4H,5H2,1H3,(H,15,16). The molecule has 1 amide bonds. The molecule has 1 aromatic rings. The van der Waals surface area contributed by atoms with Gasteiger partial charge in [0, 0.05) is 12.8 Å². The maximum absolute atomic E-state index is 12.0. The van der Waals surface area contributed by atoms with Crippen LogP contribution in [0, 0.1) is 0 Å². The number of nitrogens with one attached hydrogen (secondary N) is 1. The highest BCUT2D eigenvalue weighted by Gasteiger charge is 2.31. The molecule has 0 radical (unpaired) electrons. The van der Waals surface area contributed by atoms with Crippen LogP contribution in [0.4, 0.5) is 18.9 Å². The molecule has 4 nitrogen and oxygen atoms in total. The molecule has 1 rings (SSSR count). The Bertz CT molecular complexity index is 437. The molecule has 0 bridgehead atoms. The number of rotatable bonds is 4. The Morgan fingerprint density at radius 2 is 2.11 bits per heavy atom. The number of carbonyl (C=O) groups is 1. The van der Waals surface area contributed by atoms with E-state index in [2.05, 4.69) is 30.7 Å². The van der Waals surface area contributed by atoms with Crippen LogP contribution in [0.5, 0.6) is 5.75 Å². The summed E-state index contributed by atoms with van der Waals surface area (Å²) in [6, 6.07) is 3.69. The third-order valence-corrected chi connectivity index (χ3v) is 2.34. The molecule has 0 spiro atoms. The van der Waals surface area contributed by atoms with E-state index in [0.717, 1.165) is 6.07 Å². The van der Waals surface area contributed by atoms with E-state index in [-0.39, 0.29) is 16.8 Å². The number of methoxy groups -OCH3 is 1. The van der Waals surface area contributed by atoms with Crippen molar-refractivity contribution in [3.05, 3.63) is 22.7 Å². The number of halogens is 4. The quantitative estimate of drug-likeness (QED) is 0.924. The van der Waals surface area contributed by atoms with Crippen molar-refractivity contribution in [1.29, 1.82) is 0 Å². The highest BCUT2D eigenvalue weighted by atomic mass is 79.9. The molecule has 0 aliphatic carbocycles. The van der Waals surface area contributed by atoms with Crippen molar-refractivity contribution in [3.8, 4) is 5.75 Å². The van der Waals surface area contributed by atoms with Crippen LogP contribution in [0.1, 0.15) is 0 Å². The number of ether oxygens (including phenoxy) is 2. The molecule has 18 heavy (non-hydrogen) atoms. The molecule has 8 heteroatoms. The number of anilines is 1. The van der Waals surface area contributed by atoms with Crippen molar-refractivity contribution in [1.82, 2.24) is 0 Å². The molecule has 0 aliphatic heterocycles. The Morgan fingerprint density at radius 1 is 1.44 bits per heavy atom. The largest absolute Gasteiger partial charge is 0.573 e. The van der Waals surface area contributed by atoms with Crippen LogP contribution in [0.2, 0.25) is 0 Å². The number of carbonyl (C=O) groups excluding carboxylic acids is 1. The van der Waals surface area contributed by atoms with Gasteiger partial charge in [-0.25, -0.2) is 0 Å². The molecular formula is C10H9BrF3NO3. The van der Waals surface area contributed by atoms with Crippen molar-refractivity contribution in [2.75, 3.05) is 19.0 Å². The lowest BCUT2D eigenvalue weighted by Gasteiger charge is -2.12. The molecule has 0 aromatic heterocycles. The van der Waals surface area contributed by atoms with Gasteiger partial charge in [-0.15, -0.1) is 13.2 Å². The first kappa shape index (κ1) is 14.8. The van der Waals surface area contributed by atoms with Gasteiger partial charge in [0.2, 0.25) is 5.91 Å². The summed E-state index contributed by atoms with van der Waals surface area (Å²) in [4.78, 5) is 11.2. The van der Waals surface area contributed by atoms with Crippen LogP contribution in [-0.4, -0.2) is 26.0 Å². The van der Waals surface area contributed by atoms with E-state index in [0.29, 0.717) is 5.69 Å². The molecule has 1 N–H and O–H groups in total. The van der Waals surface area contributed by atoms with Crippen LogP contribution in [0.25, 0.3) is 0 Å². The fraction of sp³-hybridized carbons (Fsp3) is 0.300. The summed E-state index contributed by atoms with van der Waals surface area (Å²) in [5.41, 5.74) is 0.332. The van der Waals surface area contributed by atoms with Gasteiger partial charge in [-0.2, -0.15) is 0 Å². The molecule has 0 saturated carbocycles. The number of hydrogen-bond acceptors (Lipinski definition) is 3. The maximum Gasteiger partial charge on any atom is 0.573 e. The van der Waals surface area contributed by atoms with Gasteiger partial charge in [0.1, 0.15) is 12.4 Å². The summed E-state index contributed by atoms with van der Waals surface area (Å²) >= 11 is 2.92. The Morgan fingerprint density at radius 3 is 2.61 bits per heavy atom. The van der Waals surface area contributed by atoms with Gasteiger partial charge >= 0.3 is 6.36 Å². The van der Waals surface area contributed by atoms with Gasteiger partial charge in [-0.1, -0.05) is 0 Å². The summed E-state index contributed by atoms with van der Waals surface area (Å²) in [6.45, 7) is -0.140. The molecule has 0 saturated heterocycles. The predicted octanol–water partition coefficient (Wildman–Crippen LogP) is 2.93. The van der Waals surface area contributed by atoms with Crippen molar-refractivity contribution in [2.45, 2.75) is 6.36 Å². The van der Waals surface area contributed by atoms with Gasteiger partial charge < -0.3 is 14.8 Å². The summed E-state index contributed by atoms with van der Waals surface area (Å²) in [5, 5.41) is 2.44. The van der Waals surface area contributed by atoms with Gasteiger partial charge in [-0.05, 0) is 34.1 Å². The first-order chi connectivity index (χ1) is 8.31. The first-order valence-electron chi connectivity index (χ1n) is 4.66. The molecule has 0 heterocycles. The minimum absolute atomic E-state index is 0.0787. The van der Waals surface area contributed by atoms with E-state index >= 15 is 0 Å². The molecule has 0 atom stereocenters. The van der Waals surface area contributed by atoms with Crippen LogP contribution < -0.4 is 10.1 Å². The highest BCUT2D eigenvalue weighted by molar-refractivity contribution is 9.10. The topological polar surface area (TPSA) is 47.6 Å². The molecule has 100 valence electrons. The predicted molar refractivity (Wildman–Crippen MR) is 61.3 cm³/mol. The number of amides is 1. The molecule has 1 aromatic carbocycles. The van der Waals surface area contributed by atoms with E-state index in [4.69, 9.17) is 0 Å². The number of benzene rings is 1. The average Bonchev–Trinajstić information content (AvgIpc) is 2.21. The van der Waals surface area contributed by atoms with E-state index in [1.807, 2.05) is 0 Å². The summed E-state index contributed by atoms with van der Waals surface area (Å²) in [5.74, 6) is -0.791. The fourth-order valence-electron chi connectivity index (χ4n) is 1.11. The van der Waals surface area contributed by atoms with Crippen molar-refractivity contribution < 1.29 is 27.4 Å². The second-order valence-corrected chi connectivity index (χ2v) is 4.03. The summed E-state index contributed by atoms with van der Waals surface area (Å²) in [7, 11) is 1.36. The van der Waals surface area contributed by atoms with Gasteiger partial charge in [0.05, 0.1) is 4.47 Å². The third-order valence-electron chi connectivity index (χ3n) is 1.72.